The van der Waals surface area contributed by atoms with Gasteiger partial charge in [0.05, 0.1) is 17.9 Å². The number of nitrogens with two attached hydrogens (primary N) is 1. The fraction of sp³-hybridized carbons (Fsp3) is 0.452. The molecule has 1 atom stereocenters. The topological polar surface area (TPSA) is 84.6 Å². The van der Waals surface area contributed by atoms with Crippen molar-refractivity contribution in [2.75, 3.05) is 24.6 Å². The molecule has 202 valence electrons. The average Bonchev–Trinajstić information content (AvgIpc) is 2.92. The highest BCUT2D eigenvalue weighted by Gasteiger charge is 2.28. The van der Waals surface area contributed by atoms with Gasteiger partial charge in [-0.2, -0.15) is 0 Å². The van der Waals surface area contributed by atoms with Crippen molar-refractivity contribution in [2.24, 2.45) is 5.73 Å². The molecule has 0 bridgehead atoms. The molecule has 1 fully saturated rings. The zero-order valence-electron chi connectivity index (χ0n) is 23.2. The summed E-state index contributed by atoms with van der Waals surface area (Å²) in [5.41, 5.74) is 11.7. The van der Waals surface area contributed by atoms with Crippen LogP contribution in [0.2, 0.25) is 0 Å². The molecule has 0 saturated carbocycles. The first-order valence-corrected chi connectivity index (χ1v) is 13.7. The number of aryl methyl sites for hydroxylation is 3. The van der Waals surface area contributed by atoms with Crippen LogP contribution in [-0.4, -0.2) is 52.6 Å². The Kier molecular flexibility index (Phi) is 9.34. The van der Waals surface area contributed by atoms with E-state index in [0.29, 0.717) is 24.3 Å². The third kappa shape index (κ3) is 6.70. The Labute approximate surface area is 227 Å². The molecule has 0 radical (unpaired) electrons. The molecule has 1 saturated heterocycles. The number of carbonyl (C=O) groups is 1. The van der Waals surface area contributed by atoms with Crippen LogP contribution in [0.4, 0.5) is 5.69 Å². The van der Waals surface area contributed by atoms with E-state index in [1.807, 2.05) is 32.3 Å². The van der Waals surface area contributed by atoms with E-state index in [-0.39, 0.29) is 0 Å². The number of pyridine rings is 2. The number of primary amides is 1. The number of piperidine rings is 1. The molecular formula is C31H41N5O2. The summed E-state index contributed by atoms with van der Waals surface area (Å²) in [6.45, 7) is 11.9. The van der Waals surface area contributed by atoms with E-state index >= 15 is 0 Å². The monoisotopic (exact) mass is 515 g/mol. The van der Waals surface area contributed by atoms with Crippen LogP contribution in [0, 0.1) is 13.8 Å². The summed E-state index contributed by atoms with van der Waals surface area (Å²) in [5.74, 6) is 0.511. The average molecular weight is 516 g/mol. The van der Waals surface area contributed by atoms with Crippen LogP contribution < -0.4 is 15.4 Å². The van der Waals surface area contributed by atoms with E-state index in [4.69, 9.17) is 10.5 Å². The number of likely N-dealkylation sites (tertiary alicyclic amines) is 1. The van der Waals surface area contributed by atoms with Gasteiger partial charge in [-0.1, -0.05) is 0 Å². The lowest BCUT2D eigenvalue weighted by Crippen LogP contribution is -2.47. The SMILES string of the molecule is CCOc1ccc(N(Cc2cnccc2C)C2CCN([C@H](C)CCc3nccc(C)c3C(N)=O)CC2)cc1. The predicted molar refractivity (Wildman–Crippen MR) is 153 cm³/mol. The Balaban J connectivity index is 1.42. The molecule has 1 aromatic carbocycles. The van der Waals surface area contributed by atoms with Crippen LogP contribution in [0.15, 0.2) is 55.0 Å². The van der Waals surface area contributed by atoms with E-state index in [1.54, 1.807) is 6.20 Å². The quantitative estimate of drug-likeness (QED) is 0.383. The summed E-state index contributed by atoms with van der Waals surface area (Å²) in [4.78, 5) is 25.9. The van der Waals surface area contributed by atoms with Crippen molar-refractivity contribution in [1.82, 2.24) is 14.9 Å². The number of anilines is 1. The van der Waals surface area contributed by atoms with Crippen molar-refractivity contribution in [3.63, 3.8) is 0 Å². The van der Waals surface area contributed by atoms with Crippen LogP contribution in [0.1, 0.15) is 65.9 Å². The second-order valence-corrected chi connectivity index (χ2v) is 10.3. The number of nitrogens with zero attached hydrogens (tertiary/aromatic N) is 4. The summed E-state index contributed by atoms with van der Waals surface area (Å²) in [7, 11) is 0. The van der Waals surface area contributed by atoms with Gasteiger partial charge in [0.25, 0.3) is 5.91 Å². The number of benzene rings is 1. The molecule has 2 N–H and O–H groups in total. The van der Waals surface area contributed by atoms with Crippen molar-refractivity contribution in [2.45, 2.75) is 72.0 Å². The second-order valence-electron chi connectivity index (χ2n) is 10.3. The predicted octanol–water partition coefficient (Wildman–Crippen LogP) is 5.08. The molecule has 2 aromatic heterocycles. The highest BCUT2D eigenvalue weighted by Crippen LogP contribution is 2.29. The Morgan fingerprint density at radius 1 is 1.11 bits per heavy atom. The van der Waals surface area contributed by atoms with E-state index in [1.165, 1.54) is 16.8 Å². The molecule has 7 heteroatoms. The zero-order valence-corrected chi connectivity index (χ0v) is 23.2. The summed E-state index contributed by atoms with van der Waals surface area (Å²) in [6, 6.07) is 13.3. The Hall–Kier alpha value is -3.45. The third-order valence-corrected chi connectivity index (χ3v) is 7.81. The molecule has 3 heterocycles. The maximum Gasteiger partial charge on any atom is 0.250 e. The summed E-state index contributed by atoms with van der Waals surface area (Å²) < 4.78 is 5.68. The number of carbonyl (C=O) groups excluding carboxylic acids is 1. The first-order valence-electron chi connectivity index (χ1n) is 13.7. The Morgan fingerprint density at radius 3 is 2.47 bits per heavy atom. The molecule has 1 aliphatic rings. The molecule has 0 spiro atoms. The van der Waals surface area contributed by atoms with Crippen molar-refractivity contribution >= 4 is 11.6 Å². The number of amides is 1. The van der Waals surface area contributed by atoms with Crippen molar-refractivity contribution < 1.29 is 9.53 Å². The van der Waals surface area contributed by atoms with E-state index in [2.05, 4.69) is 63.9 Å². The molecule has 3 aromatic rings. The van der Waals surface area contributed by atoms with Gasteiger partial charge in [-0.05, 0) is 106 Å². The largest absolute Gasteiger partial charge is 0.494 e. The maximum absolute atomic E-state index is 12.0. The van der Waals surface area contributed by atoms with Gasteiger partial charge in [-0.25, -0.2) is 0 Å². The highest BCUT2D eigenvalue weighted by molar-refractivity contribution is 5.95. The molecule has 4 rings (SSSR count). The van der Waals surface area contributed by atoms with Crippen molar-refractivity contribution in [3.05, 3.63) is 82.9 Å². The van der Waals surface area contributed by atoms with Crippen LogP contribution >= 0.6 is 0 Å². The molecule has 1 aliphatic heterocycles. The second kappa shape index (κ2) is 12.9. The van der Waals surface area contributed by atoms with E-state index in [0.717, 1.165) is 62.3 Å². The maximum atomic E-state index is 12.0. The minimum absolute atomic E-state index is 0.391. The third-order valence-electron chi connectivity index (χ3n) is 7.81. The minimum Gasteiger partial charge on any atom is -0.494 e. The minimum atomic E-state index is -0.391. The lowest BCUT2D eigenvalue weighted by Gasteiger charge is -2.42. The van der Waals surface area contributed by atoms with Gasteiger partial charge in [0.15, 0.2) is 0 Å². The van der Waals surface area contributed by atoms with Crippen LogP contribution in [0.5, 0.6) is 5.75 Å². The Bertz CT molecular complexity index is 1210. The first kappa shape index (κ1) is 27.6. The highest BCUT2D eigenvalue weighted by atomic mass is 16.5. The van der Waals surface area contributed by atoms with E-state index < -0.39 is 5.91 Å². The molecule has 0 unspecified atom stereocenters. The molecule has 0 aliphatic carbocycles. The Morgan fingerprint density at radius 2 is 1.82 bits per heavy atom. The standard InChI is InChI=1S/C31H41N5O2/c1-5-38-28-9-7-26(8-10-28)36(21-25-20-33-16-12-22(25)2)27-14-18-35(19-15-27)24(4)6-11-29-30(31(32)37)23(3)13-17-34-29/h7-10,12-13,16-17,20,24,27H,5-6,11,14-15,18-19,21H2,1-4H3,(H2,32,37)/t24-/m1/s1. The van der Waals surface area contributed by atoms with Gasteiger partial charge in [-0.15, -0.1) is 0 Å². The summed E-state index contributed by atoms with van der Waals surface area (Å²) >= 11 is 0. The number of hydrogen-bond donors (Lipinski definition) is 1. The van der Waals surface area contributed by atoms with Gasteiger partial charge in [0, 0.05) is 56.0 Å². The van der Waals surface area contributed by atoms with Crippen LogP contribution in [0.3, 0.4) is 0 Å². The van der Waals surface area contributed by atoms with Crippen LogP contribution in [-0.2, 0) is 13.0 Å². The molecule has 1 amide bonds. The summed E-state index contributed by atoms with van der Waals surface area (Å²) in [5, 5.41) is 0. The lowest BCUT2D eigenvalue weighted by molar-refractivity contribution is 0.0998. The van der Waals surface area contributed by atoms with Crippen LogP contribution in [0.25, 0.3) is 0 Å². The van der Waals surface area contributed by atoms with Gasteiger partial charge < -0.3 is 20.3 Å². The van der Waals surface area contributed by atoms with Gasteiger partial charge in [0.2, 0.25) is 0 Å². The zero-order chi connectivity index (χ0) is 27.1. The summed E-state index contributed by atoms with van der Waals surface area (Å²) in [6.07, 6.45) is 9.50. The number of aromatic nitrogens is 2. The number of hydrogen-bond acceptors (Lipinski definition) is 6. The van der Waals surface area contributed by atoms with Gasteiger partial charge in [-0.3, -0.25) is 14.8 Å². The molecular weight excluding hydrogens is 474 g/mol. The smallest absolute Gasteiger partial charge is 0.250 e. The lowest BCUT2D eigenvalue weighted by atomic mass is 9.97. The van der Waals surface area contributed by atoms with Gasteiger partial charge >= 0.3 is 0 Å². The number of ether oxygens (including phenoxy) is 1. The number of rotatable bonds is 11. The fourth-order valence-electron chi connectivity index (χ4n) is 5.48. The van der Waals surface area contributed by atoms with Crippen molar-refractivity contribution in [3.8, 4) is 5.75 Å². The van der Waals surface area contributed by atoms with Gasteiger partial charge in [0.1, 0.15) is 5.75 Å². The van der Waals surface area contributed by atoms with E-state index in [9.17, 15) is 4.79 Å². The molecule has 38 heavy (non-hydrogen) atoms. The first-order chi connectivity index (χ1) is 18.4. The normalized spacial score (nSPS) is 15.3. The fourth-order valence-corrected chi connectivity index (χ4v) is 5.48. The molecule has 7 nitrogen and oxygen atoms in total. The van der Waals surface area contributed by atoms with Crippen molar-refractivity contribution in [1.29, 1.82) is 0 Å².